The standard InChI is InChI=1S/C34H39N9O2/c1-22-8-9-23(18-26(22)39-30-29-27(36-21-37-30)20-35-33(40-29)42-14-6-7-15-42)31(44)38-24-10-11-28-25(19-24)34(2,3)32(45)43(28)17-16-41-12-4-5-13-41/h8-11,18-21H,4-7,12-17H2,1-3H3,(H,38,44)(H,36,37,39). The number of hydrogen-bond acceptors (Lipinski definition) is 9. The number of amides is 2. The number of nitrogens with one attached hydrogen (secondary N) is 2. The molecule has 2 aromatic carbocycles. The zero-order valence-corrected chi connectivity index (χ0v) is 26.1. The predicted octanol–water partition coefficient (Wildman–Crippen LogP) is 5.04. The topological polar surface area (TPSA) is 119 Å². The molecule has 4 aromatic rings. The van der Waals surface area contributed by atoms with Gasteiger partial charge in [-0.05, 0) is 101 Å². The maximum atomic E-state index is 13.5. The average Bonchev–Trinajstić information content (AvgIpc) is 3.80. The fourth-order valence-electron chi connectivity index (χ4n) is 6.62. The van der Waals surface area contributed by atoms with Gasteiger partial charge in [0.25, 0.3) is 5.91 Å². The monoisotopic (exact) mass is 605 g/mol. The van der Waals surface area contributed by atoms with Crippen molar-refractivity contribution in [3.63, 3.8) is 0 Å². The Balaban J connectivity index is 1.10. The molecule has 2 aromatic heterocycles. The molecule has 11 nitrogen and oxygen atoms in total. The lowest BCUT2D eigenvalue weighted by Gasteiger charge is -2.23. The molecular formula is C34H39N9O2. The molecule has 0 aliphatic carbocycles. The van der Waals surface area contributed by atoms with Crippen molar-refractivity contribution in [3.8, 4) is 0 Å². The van der Waals surface area contributed by atoms with Gasteiger partial charge in [0.2, 0.25) is 11.9 Å². The molecule has 0 atom stereocenters. The Kier molecular flexibility index (Phi) is 7.56. The number of likely N-dealkylation sites (tertiary alicyclic amines) is 1. The molecule has 2 N–H and O–H groups in total. The van der Waals surface area contributed by atoms with Gasteiger partial charge in [-0.1, -0.05) is 6.07 Å². The van der Waals surface area contributed by atoms with Gasteiger partial charge in [-0.3, -0.25) is 9.59 Å². The Morgan fingerprint density at radius 3 is 2.51 bits per heavy atom. The number of hydrogen-bond donors (Lipinski definition) is 2. The number of rotatable bonds is 8. The fraction of sp³-hybridized carbons (Fsp3) is 0.412. The first-order valence-electron chi connectivity index (χ1n) is 15.9. The summed E-state index contributed by atoms with van der Waals surface area (Å²) in [5.41, 5.74) is 5.34. The molecule has 2 amide bonds. The minimum atomic E-state index is -0.666. The third kappa shape index (κ3) is 5.56. The van der Waals surface area contributed by atoms with Crippen LogP contribution in [-0.2, 0) is 10.2 Å². The predicted molar refractivity (Wildman–Crippen MR) is 176 cm³/mol. The Hall–Kier alpha value is -4.64. The molecule has 0 spiro atoms. The second-order valence-corrected chi connectivity index (χ2v) is 12.8. The smallest absolute Gasteiger partial charge is 0.255 e. The van der Waals surface area contributed by atoms with Crippen LogP contribution >= 0.6 is 0 Å². The van der Waals surface area contributed by atoms with Crippen molar-refractivity contribution in [2.45, 2.75) is 51.9 Å². The Morgan fingerprint density at radius 2 is 1.71 bits per heavy atom. The highest BCUT2D eigenvalue weighted by Crippen LogP contribution is 2.43. The van der Waals surface area contributed by atoms with Crippen LogP contribution in [0.15, 0.2) is 48.9 Å². The molecule has 0 saturated carbocycles. The number of aromatic nitrogens is 4. The van der Waals surface area contributed by atoms with Crippen LogP contribution < -0.4 is 20.4 Å². The summed E-state index contributed by atoms with van der Waals surface area (Å²) in [6.45, 7) is 11.5. The number of anilines is 5. The molecule has 3 aliphatic rings. The number of fused-ring (bicyclic) bond motifs is 2. The van der Waals surface area contributed by atoms with Gasteiger partial charge in [-0.15, -0.1) is 0 Å². The van der Waals surface area contributed by atoms with E-state index in [9.17, 15) is 9.59 Å². The van der Waals surface area contributed by atoms with Gasteiger partial charge in [0.15, 0.2) is 5.82 Å². The molecule has 45 heavy (non-hydrogen) atoms. The molecule has 5 heterocycles. The van der Waals surface area contributed by atoms with Gasteiger partial charge in [-0.2, -0.15) is 0 Å². The maximum Gasteiger partial charge on any atom is 0.255 e. The first kappa shape index (κ1) is 29.1. The van der Waals surface area contributed by atoms with Crippen molar-refractivity contribution in [2.24, 2.45) is 0 Å². The van der Waals surface area contributed by atoms with Gasteiger partial charge in [0.05, 0.1) is 11.6 Å². The normalized spacial score (nSPS) is 17.7. The van der Waals surface area contributed by atoms with Crippen LogP contribution in [0.2, 0.25) is 0 Å². The third-order valence-corrected chi connectivity index (χ3v) is 9.34. The lowest BCUT2D eigenvalue weighted by molar-refractivity contribution is -0.122. The quantitative estimate of drug-likeness (QED) is 0.285. The van der Waals surface area contributed by atoms with E-state index in [1.165, 1.54) is 19.2 Å². The van der Waals surface area contributed by atoms with Gasteiger partial charge >= 0.3 is 0 Å². The highest BCUT2D eigenvalue weighted by Gasteiger charge is 2.44. The number of aryl methyl sites for hydroxylation is 1. The molecule has 3 aliphatic heterocycles. The molecule has 2 saturated heterocycles. The van der Waals surface area contributed by atoms with Crippen molar-refractivity contribution in [1.29, 1.82) is 0 Å². The minimum Gasteiger partial charge on any atom is -0.341 e. The van der Waals surface area contributed by atoms with Crippen LogP contribution in [0.25, 0.3) is 11.0 Å². The molecule has 0 bridgehead atoms. The molecule has 232 valence electrons. The van der Waals surface area contributed by atoms with Gasteiger partial charge in [0, 0.05) is 48.8 Å². The van der Waals surface area contributed by atoms with E-state index in [0.29, 0.717) is 40.6 Å². The molecule has 7 rings (SSSR count). The summed E-state index contributed by atoms with van der Waals surface area (Å²) < 4.78 is 0. The fourth-order valence-corrected chi connectivity index (χ4v) is 6.62. The molecule has 11 heteroatoms. The van der Waals surface area contributed by atoms with E-state index in [0.717, 1.165) is 68.1 Å². The van der Waals surface area contributed by atoms with Crippen LogP contribution in [0.3, 0.4) is 0 Å². The van der Waals surface area contributed by atoms with Gasteiger partial charge in [-0.25, -0.2) is 19.9 Å². The highest BCUT2D eigenvalue weighted by atomic mass is 16.2. The van der Waals surface area contributed by atoms with E-state index in [2.05, 4.69) is 35.4 Å². The van der Waals surface area contributed by atoms with Crippen LogP contribution in [0.1, 0.15) is 61.0 Å². The van der Waals surface area contributed by atoms with Crippen molar-refractivity contribution < 1.29 is 9.59 Å². The lowest BCUT2D eigenvalue weighted by Crippen LogP contribution is -2.40. The Morgan fingerprint density at radius 1 is 0.933 bits per heavy atom. The third-order valence-electron chi connectivity index (χ3n) is 9.34. The van der Waals surface area contributed by atoms with Gasteiger partial charge < -0.3 is 25.3 Å². The molecule has 2 fully saturated rings. The number of carbonyl (C=O) groups excluding carboxylic acids is 2. The van der Waals surface area contributed by atoms with E-state index in [1.807, 2.05) is 62.1 Å². The number of carbonyl (C=O) groups is 2. The largest absolute Gasteiger partial charge is 0.341 e. The van der Waals surface area contributed by atoms with Crippen LogP contribution in [-0.4, -0.2) is 75.9 Å². The van der Waals surface area contributed by atoms with Crippen molar-refractivity contribution in [1.82, 2.24) is 24.8 Å². The Bertz CT molecular complexity index is 1780. The van der Waals surface area contributed by atoms with E-state index in [1.54, 1.807) is 6.20 Å². The van der Waals surface area contributed by atoms with Crippen molar-refractivity contribution in [3.05, 3.63) is 65.6 Å². The number of benzene rings is 2. The highest BCUT2D eigenvalue weighted by molar-refractivity contribution is 6.09. The lowest BCUT2D eigenvalue weighted by atomic mass is 9.86. The van der Waals surface area contributed by atoms with E-state index in [-0.39, 0.29) is 11.8 Å². The average molecular weight is 606 g/mol. The molecule has 0 radical (unpaired) electrons. The second-order valence-electron chi connectivity index (χ2n) is 12.8. The zero-order chi connectivity index (χ0) is 31.1. The summed E-state index contributed by atoms with van der Waals surface area (Å²) in [6.07, 6.45) is 7.93. The van der Waals surface area contributed by atoms with Crippen LogP contribution in [0.4, 0.5) is 28.8 Å². The van der Waals surface area contributed by atoms with E-state index >= 15 is 0 Å². The summed E-state index contributed by atoms with van der Waals surface area (Å²) in [7, 11) is 0. The van der Waals surface area contributed by atoms with Gasteiger partial charge in [0.1, 0.15) is 17.4 Å². The second kappa shape index (κ2) is 11.7. The van der Waals surface area contributed by atoms with E-state index in [4.69, 9.17) is 4.98 Å². The van der Waals surface area contributed by atoms with E-state index < -0.39 is 5.41 Å². The molecule has 0 unspecified atom stereocenters. The zero-order valence-electron chi connectivity index (χ0n) is 26.1. The van der Waals surface area contributed by atoms with Crippen LogP contribution in [0, 0.1) is 6.92 Å². The first-order valence-corrected chi connectivity index (χ1v) is 15.9. The summed E-state index contributed by atoms with van der Waals surface area (Å²) in [5.74, 6) is 1.10. The van der Waals surface area contributed by atoms with Crippen LogP contribution in [0.5, 0.6) is 0 Å². The summed E-state index contributed by atoms with van der Waals surface area (Å²) in [6, 6.07) is 11.3. The SMILES string of the molecule is Cc1ccc(C(=O)Nc2ccc3c(c2)C(C)(C)C(=O)N3CCN2CCCC2)cc1Nc1ncnc2cnc(N3CCCC3)nc12. The Labute approximate surface area is 263 Å². The number of nitrogens with zero attached hydrogens (tertiary/aromatic N) is 7. The van der Waals surface area contributed by atoms with Crippen molar-refractivity contribution in [2.75, 3.05) is 59.7 Å². The minimum absolute atomic E-state index is 0.101. The molecular weight excluding hydrogens is 566 g/mol. The summed E-state index contributed by atoms with van der Waals surface area (Å²) in [5, 5.41) is 6.45. The maximum absolute atomic E-state index is 13.5. The van der Waals surface area contributed by atoms with Crippen molar-refractivity contribution >= 4 is 51.7 Å². The first-order chi connectivity index (χ1) is 21.8. The summed E-state index contributed by atoms with van der Waals surface area (Å²) >= 11 is 0. The summed E-state index contributed by atoms with van der Waals surface area (Å²) in [4.78, 5) is 51.6.